The lowest BCUT2D eigenvalue weighted by Crippen LogP contribution is -2.62. The van der Waals surface area contributed by atoms with Crippen LogP contribution < -0.4 is 19.7 Å². The first kappa shape index (κ1) is 28.8. The number of benzene rings is 2. The molecule has 0 saturated carbocycles. The summed E-state index contributed by atoms with van der Waals surface area (Å²) in [6, 6.07) is 8.41. The average Bonchev–Trinajstić information content (AvgIpc) is 3.68. The molecule has 0 spiro atoms. The van der Waals surface area contributed by atoms with E-state index in [9.17, 15) is 8.78 Å². The van der Waals surface area contributed by atoms with Gasteiger partial charge in [-0.1, -0.05) is 42.3 Å². The Bertz CT molecular complexity index is 2050. The lowest BCUT2D eigenvalue weighted by atomic mass is 9.90. The first-order valence-electron chi connectivity index (χ1n) is 16.2. The highest BCUT2D eigenvalue weighted by molar-refractivity contribution is 6.03. The number of rotatable bonds is 4. The fraction of sp³-hybridized carbons (Fsp3) is 0.417. The number of aromatic nitrogens is 3. The van der Waals surface area contributed by atoms with Crippen LogP contribution in [0.25, 0.3) is 32.9 Å². The van der Waals surface area contributed by atoms with Crippen molar-refractivity contribution in [2.24, 2.45) is 0 Å². The fourth-order valence-electron chi connectivity index (χ4n) is 8.81. The van der Waals surface area contributed by atoms with Crippen molar-refractivity contribution in [2.75, 3.05) is 31.1 Å². The molecule has 2 bridgehead atoms. The zero-order chi connectivity index (χ0) is 32.2. The number of pyridine rings is 1. The maximum atomic E-state index is 17.1. The number of terminal acetylenes is 1. The van der Waals surface area contributed by atoms with Crippen LogP contribution >= 0.6 is 0 Å². The van der Waals surface area contributed by atoms with Crippen LogP contribution in [0.4, 0.5) is 19.0 Å². The zero-order valence-corrected chi connectivity index (χ0v) is 25.9. The smallest absolute Gasteiger partial charge is 0.319 e. The Morgan fingerprint density at radius 3 is 2.87 bits per heavy atom. The number of halogens is 3. The van der Waals surface area contributed by atoms with Crippen LogP contribution in [0.3, 0.4) is 0 Å². The molecule has 4 aromatic rings. The summed E-state index contributed by atoms with van der Waals surface area (Å²) in [5.41, 5.74) is 0.524. The highest BCUT2D eigenvalue weighted by Gasteiger charge is 2.52. The lowest BCUT2D eigenvalue weighted by Gasteiger charge is -2.42. The van der Waals surface area contributed by atoms with Gasteiger partial charge in [0.05, 0.1) is 17.1 Å². The van der Waals surface area contributed by atoms with Gasteiger partial charge >= 0.3 is 6.01 Å². The van der Waals surface area contributed by atoms with Crippen LogP contribution in [-0.4, -0.2) is 82.0 Å². The minimum absolute atomic E-state index is 0.0155. The molecule has 2 aromatic heterocycles. The van der Waals surface area contributed by atoms with Crippen LogP contribution in [0.5, 0.6) is 11.9 Å². The quantitative estimate of drug-likeness (QED) is 0.238. The van der Waals surface area contributed by atoms with Crippen LogP contribution in [0, 0.1) is 24.0 Å². The number of piperazine rings is 1. The van der Waals surface area contributed by atoms with E-state index in [2.05, 4.69) is 32.6 Å². The van der Waals surface area contributed by atoms with Crippen molar-refractivity contribution in [1.82, 2.24) is 25.2 Å². The molecule has 1 N–H and O–H groups in total. The summed E-state index contributed by atoms with van der Waals surface area (Å²) in [7, 11) is 0. The topological polar surface area (TPSA) is 75.6 Å². The van der Waals surface area contributed by atoms with Gasteiger partial charge in [-0.15, -0.1) is 6.42 Å². The van der Waals surface area contributed by atoms with E-state index in [1.807, 2.05) is 6.92 Å². The van der Waals surface area contributed by atoms with Gasteiger partial charge in [0.1, 0.15) is 47.1 Å². The molecule has 240 valence electrons. The van der Waals surface area contributed by atoms with Crippen molar-refractivity contribution in [3.63, 3.8) is 0 Å². The first-order valence-corrected chi connectivity index (χ1v) is 16.2. The molecule has 4 fully saturated rings. The Morgan fingerprint density at radius 2 is 2.02 bits per heavy atom. The van der Waals surface area contributed by atoms with E-state index >= 15 is 4.39 Å². The van der Waals surface area contributed by atoms with Gasteiger partial charge in [-0.25, -0.2) is 18.2 Å². The number of hydrogen-bond donors (Lipinski definition) is 1. The molecule has 5 aliphatic rings. The highest BCUT2D eigenvalue weighted by atomic mass is 19.1. The fourth-order valence-corrected chi connectivity index (χ4v) is 8.81. The summed E-state index contributed by atoms with van der Waals surface area (Å²) in [6.07, 6.45) is 7.47. The molecule has 9 rings (SSSR count). The van der Waals surface area contributed by atoms with E-state index in [0.717, 1.165) is 24.8 Å². The van der Waals surface area contributed by atoms with Gasteiger partial charge in [0, 0.05) is 49.1 Å². The molecule has 11 heteroatoms. The molecule has 7 heterocycles. The molecule has 47 heavy (non-hydrogen) atoms. The second-order valence-corrected chi connectivity index (χ2v) is 13.5. The van der Waals surface area contributed by atoms with Crippen molar-refractivity contribution < 1.29 is 22.6 Å². The Hall–Kier alpha value is -4.40. The van der Waals surface area contributed by atoms with Gasteiger partial charge in [0.25, 0.3) is 0 Å². The van der Waals surface area contributed by atoms with Gasteiger partial charge in [0.2, 0.25) is 5.88 Å². The normalized spacial score (nSPS) is 29.5. The van der Waals surface area contributed by atoms with E-state index in [1.165, 1.54) is 6.07 Å². The Morgan fingerprint density at radius 1 is 1.15 bits per heavy atom. The third-order valence-electron chi connectivity index (χ3n) is 11.0. The standard InChI is InChI=1S/C36H33F3N6O2/c1-4-23-25(38)10-8-20-6-5-7-24(27(20)23)30-29(39)31-28-33(45-16-22-9-11-26(40-22)32(45)19(3)47-34(28)41-30)43-35(42-31)46-17-36-14-21(37)15-44(36)13-12-18(36)2/h1,5-8,10,19,21-22,26,32,40H,2,9,11-17H2,3H3/t19?,21-,22?,26?,32?,36?/m1/s1. The summed E-state index contributed by atoms with van der Waals surface area (Å²) >= 11 is 0. The number of fused-ring (bicyclic) bond motifs is 7. The summed E-state index contributed by atoms with van der Waals surface area (Å²) in [4.78, 5) is 18.6. The predicted molar refractivity (Wildman–Crippen MR) is 172 cm³/mol. The first-order chi connectivity index (χ1) is 22.8. The second-order valence-electron chi connectivity index (χ2n) is 13.5. The van der Waals surface area contributed by atoms with E-state index in [4.69, 9.17) is 25.9 Å². The average molecular weight is 639 g/mol. The predicted octanol–water partition coefficient (Wildman–Crippen LogP) is 5.32. The number of alkyl halides is 1. The Balaban J connectivity index is 1.25. The van der Waals surface area contributed by atoms with E-state index < -0.39 is 23.3 Å². The van der Waals surface area contributed by atoms with Gasteiger partial charge in [-0.3, -0.25) is 4.90 Å². The molecule has 0 aliphatic carbocycles. The van der Waals surface area contributed by atoms with Crippen LogP contribution in [0.1, 0.15) is 38.2 Å². The molecule has 2 aromatic carbocycles. The van der Waals surface area contributed by atoms with Gasteiger partial charge in [-0.05, 0) is 37.6 Å². The Kier molecular flexibility index (Phi) is 6.31. The largest absolute Gasteiger partial charge is 0.472 e. The van der Waals surface area contributed by atoms with Crippen molar-refractivity contribution in [3.8, 4) is 35.5 Å². The Labute approximate surface area is 270 Å². The second kappa shape index (κ2) is 10.3. The van der Waals surface area contributed by atoms with E-state index in [0.29, 0.717) is 47.2 Å². The summed E-state index contributed by atoms with van der Waals surface area (Å²) in [6.45, 7) is 8.03. The minimum atomic E-state index is -0.986. The van der Waals surface area contributed by atoms with Gasteiger partial charge in [-0.2, -0.15) is 9.97 Å². The van der Waals surface area contributed by atoms with E-state index in [1.54, 1.807) is 24.3 Å². The van der Waals surface area contributed by atoms with E-state index in [-0.39, 0.29) is 65.9 Å². The van der Waals surface area contributed by atoms with Crippen LogP contribution in [0.2, 0.25) is 0 Å². The number of nitrogens with one attached hydrogen (secondary N) is 1. The van der Waals surface area contributed by atoms with Crippen molar-refractivity contribution in [3.05, 3.63) is 59.7 Å². The maximum Gasteiger partial charge on any atom is 0.319 e. The molecule has 5 unspecified atom stereocenters. The molecule has 0 radical (unpaired) electrons. The highest BCUT2D eigenvalue weighted by Crippen LogP contribution is 2.46. The monoisotopic (exact) mass is 638 g/mol. The molecular weight excluding hydrogens is 605 g/mol. The third kappa shape index (κ3) is 4.14. The molecule has 6 atom stereocenters. The summed E-state index contributed by atoms with van der Waals surface area (Å²) < 4.78 is 59.6. The number of ether oxygens (including phenoxy) is 2. The SMILES string of the molecule is C#Cc1c(F)ccc2cccc(-c3nc4c5c(nc(OCC67C[C@@H](F)CN6CCC7=C)nc5c3F)N3CC5CCC(N5)C3C(C)O4)c12. The minimum Gasteiger partial charge on any atom is -0.472 e. The lowest BCUT2D eigenvalue weighted by molar-refractivity contribution is 0.130. The van der Waals surface area contributed by atoms with Crippen LogP contribution in [0.15, 0.2) is 42.5 Å². The van der Waals surface area contributed by atoms with Gasteiger partial charge in [0.15, 0.2) is 5.82 Å². The van der Waals surface area contributed by atoms with Gasteiger partial charge < -0.3 is 19.7 Å². The molecule has 5 aliphatic heterocycles. The number of anilines is 1. The third-order valence-corrected chi connectivity index (χ3v) is 11.0. The van der Waals surface area contributed by atoms with Crippen LogP contribution in [-0.2, 0) is 0 Å². The molecule has 4 saturated heterocycles. The summed E-state index contributed by atoms with van der Waals surface area (Å²) in [5.74, 6) is 1.82. The number of hydrogen-bond acceptors (Lipinski definition) is 8. The molecule has 8 nitrogen and oxygen atoms in total. The van der Waals surface area contributed by atoms with Crippen molar-refractivity contribution in [1.29, 1.82) is 0 Å². The van der Waals surface area contributed by atoms with Crippen molar-refractivity contribution in [2.45, 2.75) is 68.5 Å². The molecule has 0 amide bonds. The maximum absolute atomic E-state index is 17.1. The number of nitrogens with zero attached hydrogens (tertiary/aromatic N) is 5. The van der Waals surface area contributed by atoms with Crippen molar-refractivity contribution >= 4 is 27.5 Å². The summed E-state index contributed by atoms with van der Waals surface area (Å²) in [5, 5.41) is 5.08. The zero-order valence-electron chi connectivity index (χ0n) is 25.9. The molecular formula is C36H33F3N6O2.